The van der Waals surface area contributed by atoms with Crippen molar-refractivity contribution in [3.05, 3.63) is 78.1 Å². The standard InChI is InChI=1S/C25H27N5O4S/c1-16(2)20-7-5-6-8-21(20)22-13-23(34-18-11-9-17(10-12-18)25(3,4)31)29-24(28-22)30-35(32,33)19-14-26-27-15-19/h5-16,31H,1-4H3,(H,26,27)(H,28,29,30). The van der Waals surface area contributed by atoms with Gasteiger partial charge in [-0.15, -0.1) is 0 Å². The highest BCUT2D eigenvalue weighted by molar-refractivity contribution is 7.92. The lowest BCUT2D eigenvalue weighted by Crippen LogP contribution is -2.15. The van der Waals surface area contributed by atoms with Crippen LogP contribution in [0.1, 0.15) is 44.7 Å². The molecule has 0 atom stereocenters. The Balaban J connectivity index is 1.76. The summed E-state index contributed by atoms with van der Waals surface area (Å²) in [6, 6.07) is 16.4. The summed E-state index contributed by atoms with van der Waals surface area (Å²) in [5.41, 5.74) is 2.15. The Bertz CT molecular complexity index is 1410. The maximum Gasteiger partial charge on any atom is 0.267 e. The van der Waals surface area contributed by atoms with Crippen LogP contribution in [-0.2, 0) is 15.6 Å². The first-order valence-electron chi connectivity index (χ1n) is 11.0. The summed E-state index contributed by atoms with van der Waals surface area (Å²) < 4.78 is 33.9. The third-order valence-corrected chi connectivity index (χ3v) is 6.65. The first-order chi connectivity index (χ1) is 16.5. The summed E-state index contributed by atoms with van der Waals surface area (Å²) in [6.07, 6.45) is 2.46. The van der Waals surface area contributed by atoms with Gasteiger partial charge in [0, 0.05) is 17.8 Å². The molecule has 182 valence electrons. The molecule has 0 fully saturated rings. The molecule has 4 aromatic rings. The van der Waals surface area contributed by atoms with Gasteiger partial charge >= 0.3 is 0 Å². The first kappa shape index (κ1) is 24.4. The number of hydrogen-bond donors (Lipinski definition) is 3. The zero-order chi connectivity index (χ0) is 25.2. The molecule has 0 radical (unpaired) electrons. The number of aromatic nitrogens is 4. The Labute approximate surface area is 204 Å². The largest absolute Gasteiger partial charge is 0.439 e. The molecule has 2 aromatic carbocycles. The summed E-state index contributed by atoms with van der Waals surface area (Å²) in [6.45, 7) is 7.54. The quantitative estimate of drug-likeness (QED) is 0.321. The maximum atomic E-state index is 12.8. The molecule has 0 aliphatic heterocycles. The maximum absolute atomic E-state index is 12.8. The molecule has 3 N–H and O–H groups in total. The number of nitrogens with one attached hydrogen (secondary N) is 2. The number of nitrogens with zero attached hydrogens (tertiary/aromatic N) is 3. The highest BCUT2D eigenvalue weighted by atomic mass is 32.2. The van der Waals surface area contributed by atoms with E-state index in [-0.39, 0.29) is 22.6 Å². The molecule has 0 saturated carbocycles. The van der Waals surface area contributed by atoms with Gasteiger partial charge in [-0.1, -0.05) is 50.2 Å². The molecule has 9 nitrogen and oxygen atoms in total. The molecule has 0 amide bonds. The molecule has 10 heteroatoms. The summed E-state index contributed by atoms with van der Waals surface area (Å²) >= 11 is 0. The van der Waals surface area contributed by atoms with Gasteiger partial charge < -0.3 is 9.84 Å². The van der Waals surface area contributed by atoms with Crippen molar-refractivity contribution < 1.29 is 18.3 Å². The van der Waals surface area contributed by atoms with Crippen molar-refractivity contribution in [1.82, 2.24) is 20.2 Å². The van der Waals surface area contributed by atoms with Gasteiger partial charge in [-0.25, -0.2) is 18.1 Å². The van der Waals surface area contributed by atoms with E-state index < -0.39 is 15.6 Å². The number of sulfonamides is 1. The fourth-order valence-electron chi connectivity index (χ4n) is 3.51. The SMILES string of the molecule is CC(C)c1ccccc1-c1cc(Oc2ccc(C(C)(C)O)cc2)nc(NS(=O)(=O)c2cn[nH]c2)n1. The number of hydrogen-bond acceptors (Lipinski definition) is 7. The number of aromatic amines is 1. The fourth-order valence-corrected chi connectivity index (χ4v) is 4.36. The molecular weight excluding hydrogens is 466 g/mol. The van der Waals surface area contributed by atoms with Gasteiger partial charge in [0.15, 0.2) is 0 Å². The normalized spacial score (nSPS) is 12.1. The smallest absolute Gasteiger partial charge is 0.267 e. The summed E-state index contributed by atoms with van der Waals surface area (Å²) in [4.78, 5) is 8.73. The van der Waals surface area contributed by atoms with Crippen LogP contribution in [0.4, 0.5) is 5.95 Å². The van der Waals surface area contributed by atoms with E-state index in [1.807, 2.05) is 24.3 Å². The van der Waals surface area contributed by atoms with E-state index >= 15 is 0 Å². The minimum Gasteiger partial charge on any atom is -0.439 e. The van der Waals surface area contributed by atoms with Crippen LogP contribution in [0.2, 0.25) is 0 Å². The molecule has 0 saturated heterocycles. The number of rotatable bonds is 8. The number of H-pyrrole nitrogens is 1. The van der Waals surface area contributed by atoms with Crippen LogP contribution < -0.4 is 9.46 Å². The third kappa shape index (κ3) is 5.67. The Morgan fingerprint density at radius 1 is 1.06 bits per heavy atom. The van der Waals surface area contributed by atoms with Crippen molar-refractivity contribution in [3.63, 3.8) is 0 Å². The van der Waals surface area contributed by atoms with Crippen molar-refractivity contribution in [2.45, 2.75) is 44.1 Å². The fraction of sp³-hybridized carbons (Fsp3) is 0.240. The second kappa shape index (κ2) is 9.47. The van der Waals surface area contributed by atoms with Crippen LogP contribution in [0, 0.1) is 0 Å². The third-order valence-electron chi connectivity index (χ3n) is 5.35. The average Bonchev–Trinajstić information content (AvgIpc) is 3.34. The highest BCUT2D eigenvalue weighted by Gasteiger charge is 2.20. The predicted octanol–water partition coefficient (Wildman–Crippen LogP) is 4.81. The van der Waals surface area contributed by atoms with Gasteiger partial charge in [-0.3, -0.25) is 5.10 Å². The van der Waals surface area contributed by atoms with E-state index in [1.54, 1.807) is 44.2 Å². The number of benzene rings is 2. The molecular formula is C25H27N5O4S. The summed E-state index contributed by atoms with van der Waals surface area (Å²) in [5.74, 6) is 0.717. The zero-order valence-corrected chi connectivity index (χ0v) is 20.7. The van der Waals surface area contributed by atoms with Crippen molar-refractivity contribution in [2.75, 3.05) is 4.72 Å². The van der Waals surface area contributed by atoms with E-state index in [0.29, 0.717) is 11.4 Å². The molecule has 0 unspecified atom stereocenters. The predicted molar refractivity (Wildman–Crippen MR) is 133 cm³/mol. The Morgan fingerprint density at radius 3 is 2.40 bits per heavy atom. The van der Waals surface area contributed by atoms with Crippen molar-refractivity contribution in [2.24, 2.45) is 0 Å². The minimum atomic E-state index is -3.96. The van der Waals surface area contributed by atoms with Gasteiger partial charge in [0.1, 0.15) is 10.6 Å². The lowest BCUT2D eigenvalue weighted by atomic mass is 9.95. The Hall–Kier alpha value is -3.76. The van der Waals surface area contributed by atoms with E-state index in [4.69, 9.17) is 4.74 Å². The summed E-state index contributed by atoms with van der Waals surface area (Å²) in [5, 5.41) is 16.4. The van der Waals surface area contributed by atoms with E-state index in [1.165, 1.54) is 12.4 Å². The van der Waals surface area contributed by atoms with E-state index in [9.17, 15) is 13.5 Å². The van der Waals surface area contributed by atoms with Crippen LogP contribution in [0.5, 0.6) is 11.6 Å². The second-order valence-electron chi connectivity index (χ2n) is 8.88. The molecule has 0 spiro atoms. The van der Waals surface area contributed by atoms with Crippen LogP contribution in [0.15, 0.2) is 71.9 Å². The van der Waals surface area contributed by atoms with Gasteiger partial charge in [0.2, 0.25) is 11.8 Å². The molecule has 35 heavy (non-hydrogen) atoms. The monoisotopic (exact) mass is 493 g/mol. The highest BCUT2D eigenvalue weighted by Crippen LogP contribution is 2.32. The van der Waals surface area contributed by atoms with Crippen molar-refractivity contribution >= 4 is 16.0 Å². The van der Waals surface area contributed by atoms with Crippen molar-refractivity contribution in [1.29, 1.82) is 0 Å². The molecule has 0 aliphatic rings. The molecule has 2 heterocycles. The van der Waals surface area contributed by atoms with Gasteiger partial charge in [-0.2, -0.15) is 10.1 Å². The second-order valence-corrected chi connectivity index (χ2v) is 10.6. The molecule has 2 aromatic heterocycles. The van der Waals surface area contributed by atoms with Gasteiger partial charge in [-0.05, 0) is 43.0 Å². The van der Waals surface area contributed by atoms with Crippen LogP contribution >= 0.6 is 0 Å². The molecule has 4 rings (SSSR count). The summed E-state index contributed by atoms with van der Waals surface area (Å²) in [7, 11) is -3.96. The molecule has 0 bridgehead atoms. The lowest BCUT2D eigenvalue weighted by molar-refractivity contribution is 0.0785. The average molecular weight is 494 g/mol. The Morgan fingerprint density at radius 2 is 1.77 bits per heavy atom. The number of aliphatic hydroxyl groups is 1. The van der Waals surface area contributed by atoms with Crippen molar-refractivity contribution in [3.8, 4) is 22.9 Å². The Kier molecular flexibility index (Phi) is 6.60. The topological polar surface area (TPSA) is 130 Å². The molecule has 0 aliphatic carbocycles. The lowest BCUT2D eigenvalue weighted by Gasteiger charge is -2.18. The van der Waals surface area contributed by atoms with Crippen LogP contribution in [0.25, 0.3) is 11.3 Å². The number of anilines is 1. The van der Waals surface area contributed by atoms with E-state index in [2.05, 4.69) is 38.7 Å². The van der Waals surface area contributed by atoms with Gasteiger partial charge in [0.25, 0.3) is 10.0 Å². The first-order valence-corrected chi connectivity index (χ1v) is 12.5. The van der Waals surface area contributed by atoms with Crippen LogP contribution in [0.3, 0.4) is 0 Å². The minimum absolute atomic E-state index is 0.0428. The van der Waals surface area contributed by atoms with Crippen LogP contribution in [-0.4, -0.2) is 33.7 Å². The van der Waals surface area contributed by atoms with Gasteiger partial charge in [0.05, 0.1) is 17.5 Å². The van der Waals surface area contributed by atoms with E-state index in [0.717, 1.165) is 16.7 Å². The zero-order valence-electron chi connectivity index (χ0n) is 19.9. The number of ether oxygens (including phenoxy) is 1.